The van der Waals surface area contributed by atoms with Crippen molar-refractivity contribution in [2.24, 2.45) is 5.92 Å². The van der Waals surface area contributed by atoms with E-state index in [0.717, 1.165) is 28.9 Å². The first kappa shape index (κ1) is 32.4. The summed E-state index contributed by atoms with van der Waals surface area (Å²) >= 11 is 0. The van der Waals surface area contributed by atoms with Crippen LogP contribution in [-0.4, -0.2) is 43.1 Å². The molecule has 0 heterocycles. The SMILES string of the molecule is COc1ccc(CCC[C@H](CC(=O)OC(C)(C)C)C(=O)N[C@@H](Cc2ccccc2)C(=O)NCCc2ccccc2)cc1. The third-order valence-corrected chi connectivity index (χ3v) is 6.85. The summed E-state index contributed by atoms with van der Waals surface area (Å²) < 4.78 is 10.8. The van der Waals surface area contributed by atoms with Gasteiger partial charge in [-0.05, 0) is 75.3 Å². The number of esters is 1. The minimum Gasteiger partial charge on any atom is -0.497 e. The smallest absolute Gasteiger partial charge is 0.307 e. The van der Waals surface area contributed by atoms with Gasteiger partial charge < -0.3 is 20.1 Å². The number of benzene rings is 3. The quantitative estimate of drug-likeness (QED) is 0.236. The van der Waals surface area contributed by atoms with E-state index in [9.17, 15) is 14.4 Å². The van der Waals surface area contributed by atoms with Crippen molar-refractivity contribution >= 4 is 17.8 Å². The molecule has 224 valence electrons. The predicted molar refractivity (Wildman–Crippen MR) is 165 cm³/mol. The van der Waals surface area contributed by atoms with Gasteiger partial charge in [0.15, 0.2) is 0 Å². The molecule has 0 saturated carbocycles. The lowest BCUT2D eigenvalue weighted by Crippen LogP contribution is -2.50. The number of nitrogens with one attached hydrogen (secondary N) is 2. The molecule has 0 aliphatic rings. The Balaban J connectivity index is 1.69. The van der Waals surface area contributed by atoms with Gasteiger partial charge in [-0.15, -0.1) is 0 Å². The molecule has 0 radical (unpaired) electrons. The second-order valence-electron chi connectivity index (χ2n) is 11.5. The first-order valence-electron chi connectivity index (χ1n) is 14.6. The number of hydrogen-bond acceptors (Lipinski definition) is 5. The maximum atomic E-state index is 13.7. The van der Waals surface area contributed by atoms with Crippen LogP contribution in [0.3, 0.4) is 0 Å². The maximum absolute atomic E-state index is 13.7. The number of amides is 2. The van der Waals surface area contributed by atoms with Gasteiger partial charge in [-0.2, -0.15) is 0 Å². The molecule has 0 fully saturated rings. The van der Waals surface area contributed by atoms with Gasteiger partial charge in [-0.25, -0.2) is 0 Å². The third kappa shape index (κ3) is 11.8. The molecule has 3 aromatic rings. The average Bonchev–Trinajstić information content (AvgIpc) is 2.96. The van der Waals surface area contributed by atoms with Crippen LogP contribution < -0.4 is 15.4 Å². The zero-order valence-corrected chi connectivity index (χ0v) is 25.2. The third-order valence-electron chi connectivity index (χ3n) is 6.85. The van der Waals surface area contributed by atoms with Gasteiger partial charge in [0.2, 0.25) is 11.8 Å². The molecule has 0 spiro atoms. The van der Waals surface area contributed by atoms with Crippen LogP contribution in [0.2, 0.25) is 0 Å². The molecular weight excluding hydrogens is 528 g/mol. The van der Waals surface area contributed by atoms with E-state index in [1.54, 1.807) is 27.9 Å². The number of rotatable bonds is 15. The van der Waals surface area contributed by atoms with Crippen molar-refractivity contribution in [3.05, 3.63) is 102 Å². The standard InChI is InChI=1S/C35H44N2O5/c1-35(2,3)42-32(38)25-29(17-11-16-27-18-20-30(41-4)21-19-27)33(39)37-31(24-28-14-9-6-10-15-28)34(40)36-23-22-26-12-7-5-8-13-26/h5-10,12-15,18-21,29,31H,11,16-17,22-25H2,1-4H3,(H,36,40)(H,37,39)/t29-,31+/m1/s1. The Morgan fingerprint density at radius 2 is 1.36 bits per heavy atom. The Morgan fingerprint density at radius 3 is 1.95 bits per heavy atom. The van der Waals surface area contributed by atoms with Crippen molar-refractivity contribution in [1.82, 2.24) is 10.6 Å². The Morgan fingerprint density at radius 1 is 0.762 bits per heavy atom. The largest absolute Gasteiger partial charge is 0.497 e. The maximum Gasteiger partial charge on any atom is 0.307 e. The highest BCUT2D eigenvalue weighted by molar-refractivity contribution is 5.90. The summed E-state index contributed by atoms with van der Waals surface area (Å²) in [6.07, 6.45) is 2.89. The second-order valence-corrected chi connectivity index (χ2v) is 11.5. The summed E-state index contributed by atoms with van der Waals surface area (Å²) in [6.45, 7) is 5.87. The van der Waals surface area contributed by atoms with Gasteiger partial charge in [-0.3, -0.25) is 14.4 Å². The number of aryl methyl sites for hydroxylation is 1. The number of carbonyl (C=O) groups is 3. The summed E-state index contributed by atoms with van der Waals surface area (Å²) in [5.74, 6) is -0.855. The minimum absolute atomic E-state index is 0.0562. The summed E-state index contributed by atoms with van der Waals surface area (Å²) in [4.78, 5) is 39.8. The predicted octanol–water partition coefficient (Wildman–Crippen LogP) is 5.45. The molecular formula is C35H44N2O5. The molecule has 2 N–H and O–H groups in total. The van der Waals surface area contributed by atoms with Crippen LogP contribution in [0.4, 0.5) is 0 Å². The van der Waals surface area contributed by atoms with E-state index < -0.39 is 23.5 Å². The summed E-state index contributed by atoms with van der Waals surface area (Å²) in [5.41, 5.74) is 2.52. The summed E-state index contributed by atoms with van der Waals surface area (Å²) in [7, 11) is 1.63. The van der Waals surface area contributed by atoms with Crippen LogP contribution in [0.25, 0.3) is 0 Å². The van der Waals surface area contributed by atoms with Crippen molar-refractivity contribution in [1.29, 1.82) is 0 Å². The van der Waals surface area contributed by atoms with Crippen LogP contribution >= 0.6 is 0 Å². The lowest BCUT2D eigenvalue weighted by molar-refractivity contribution is -0.157. The highest BCUT2D eigenvalue weighted by Gasteiger charge is 2.29. The lowest BCUT2D eigenvalue weighted by Gasteiger charge is -2.24. The van der Waals surface area contributed by atoms with E-state index in [1.165, 1.54) is 0 Å². The van der Waals surface area contributed by atoms with Crippen molar-refractivity contribution in [2.75, 3.05) is 13.7 Å². The van der Waals surface area contributed by atoms with E-state index in [0.29, 0.717) is 32.2 Å². The Labute approximate surface area is 250 Å². The fraction of sp³-hybridized carbons (Fsp3) is 0.400. The summed E-state index contributed by atoms with van der Waals surface area (Å²) in [6, 6.07) is 26.6. The Hall–Kier alpha value is -4.13. The molecule has 42 heavy (non-hydrogen) atoms. The first-order valence-corrected chi connectivity index (χ1v) is 14.6. The van der Waals surface area contributed by atoms with Crippen molar-refractivity contribution in [3.63, 3.8) is 0 Å². The average molecular weight is 573 g/mol. The van der Waals surface area contributed by atoms with E-state index in [-0.39, 0.29) is 18.2 Å². The van der Waals surface area contributed by atoms with Crippen LogP contribution in [0.15, 0.2) is 84.9 Å². The molecule has 0 aromatic heterocycles. The zero-order chi connectivity index (χ0) is 30.4. The first-order chi connectivity index (χ1) is 20.1. The fourth-order valence-corrected chi connectivity index (χ4v) is 4.70. The molecule has 0 aliphatic carbocycles. The molecule has 0 unspecified atom stereocenters. The number of carbonyl (C=O) groups excluding carboxylic acids is 3. The molecule has 2 amide bonds. The normalized spacial score (nSPS) is 12.6. The van der Waals surface area contributed by atoms with Crippen LogP contribution in [0.1, 0.15) is 56.7 Å². The van der Waals surface area contributed by atoms with Crippen LogP contribution in [0, 0.1) is 5.92 Å². The van der Waals surface area contributed by atoms with Gasteiger partial charge in [-0.1, -0.05) is 72.8 Å². The zero-order valence-electron chi connectivity index (χ0n) is 25.2. The van der Waals surface area contributed by atoms with Gasteiger partial charge in [0.1, 0.15) is 17.4 Å². The van der Waals surface area contributed by atoms with Crippen molar-refractivity contribution in [3.8, 4) is 5.75 Å². The number of ether oxygens (including phenoxy) is 2. The lowest BCUT2D eigenvalue weighted by atomic mass is 9.94. The fourth-order valence-electron chi connectivity index (χ4n) is 4.70. The van der Waals surface area contributed by atoms with Gasteiger partial charge in [0.25, 0.3) is 0 Å². The van der Waals surface area contributed by atoms with Crippen molar-refractivity contribution < 1.29 is 23.9 Å². The molecule has 7 heteroatoms. The van der Waals surface area contributed by atoms with Gasteiger partial charge >= 0.3 is 5.97 Å². The van der Waals surface area contributed by atoms with E-state index in [2.05, 4.69) is 10.6 Å². The van der Waals surface area contributed by atoms with E-state index >= 15 is 0 Å². The number of hydrogen-bond donors (Lipinski definition) is 2. The van der Waals surface area contributed by atoms with Crippen LogP contribution in [0.5, 0.6) is 5.75 Å². The van der Waals surface area contributed by atoms with Crippen LogP contribution in [-0.2, 0) is 38.4 Å². The Kier molecular flexibility index (Phi) is 12.6. The van der Waals surface area contributed by atoms with Gasteiger partial charge in [0.05, 0.1) is 13.5 Å². The minimum atomic E-state index is -0.779. The van der Waals surface area contributed by atoms with E-state index in [1.807, 2.05) is 84.9 Å². The molecule has 0 bridgehead atoms. The Bertz CT molecular complexity index is 1250. The summed E-state index contributed by atoms with van der Waals surface area (Å²) in [5, 5.41) is 5.96. The molecule has 2 atom stereocenters. The monoisotopic (exact) mass is 572 g/mol. The topological polar surface area (TPSA) is 93.7 Å². The molecule has 7 nitrogen and oxygen atoms in total. The van der Waals surface area contributed by atoms with Gasteiger partial charge in [0, 0.05) is 18.9 Å². The highest BCUT2D eigenvalue weighted by atomic mass is 16.6. The molecule has 0 aliphatic heterocycles. The molecule has 0 saturated heterocycles. The second kappa shape index (κ2) is 16.3. The number of methoxy groups -OCH3 is 1. The molecule has 3 aromatic carbocycles. The van der Waals surface area contributed by atoms with Crippen molar-refractivity contribution in [2.45, 2.75) is 70.9 Å². The molecule has 3 rings (SSSR count). The van der Waals surface area contributed by atoms with E-state index in [4.69, 9.17) is 9.47 Å². The highest BCUT2D eigenvalue weighted by Crippen LogP contribution is 2.20.